The smallest absolute Gasteiger partial charge is 0.148 e. The van der Waals surface area contributed by atoms with Crippen LogP contribution in [0.2, 0.25) is 5.02 Å². The van der Waals surface area contributed by atoms with Gasteiger partial charge in [0, 0.05) is 5.56 Å². The van der Waals surface area contributed by atoms with Crippen LogP contribution in [-0.4, -0.2) is 6.54 Å². The van der Waals surface area contributed by atoms with Crippen molar-refractivity contribution in [2.45, 2.75) is 19.8 Å². The fourth-order valence-electron chi connectivity index (χ4n) is 2.58. The summed E-state index contributed by atoms with van der Waals surface area (Å²) in [6.45, 7) is 4.37. The van der Waals surface area contributed by atoms with E-state index >= 15 is 0 Å². The number of benzene rings is 1. The first-order valence-corrected chi connectivity index (χ1v) is 5.62. The molecule has 16 heavy (non-hydrogen) atoms. The molecule has 1 aromatic carbocycles. The first kappa shape index (κ1) is 11.8. The number of rotatable bonds is 2. The highest BCUT2D eigenvalue weighted by molar-refractivity contribution is 6.30. The summed E-state index contributed by atoms with van der Waals surface area (Å²) in [6.07, 6.45) is 0. The summed E-state index contributed by atoms with van der Waals surface area (Å²) in [5.74, 6) is -1.22. The lowest BCUT2D eigenvalue weighted by molar-refractivity contribution is 0.527. The Morgan fingerprint density at radius 3 is 2.50 bits per heavy atom. The van der Waals surface area contributed by atoms with Gasteiger partial charge in [-0.1, -0.05) is 25.4 Å². The highest BCUT2D eigenvalue weighted by atomic mass is 35.5. The minimum atomic E-state index is -0.643. The van der Waals surface area contributed by atoms with Gasteiger partial charge in [0.25, 0.3) is 0 Å². The van der Waals surface area contributed by atoms with Crippen LogP contribution in [0.3, 0.4) is 0 Å². The summed E-state index contributed by atoms with van der Waals surface area (Å²) in [5, 5.41) is -0.0325. The Kier molecular flexibility index (Phi) is 2.71. The molecule has 88 valence electrons. The van der Waals surface area contributed by atoms with Crippen LogP contribution in [0.25, 0.3) is 0 Å². The molecule has 0 saturated heterocycles. The van der Waals surface area contributed by atoms with Crippen LogP contribution in [-0.2, 0) is 0 Å². The lowest BCUT2D eigenvalue weighted by atomic mass is 10.0. The number of nitrogens with two attached hydrogens (primary N) is 1. The lowest BCUT2D eigenvalue weighted by Crippen LogP contribution is -2.05. The summed E-state index contributed by atoms with van der Waals surface area (Å²) < 4.78 is 27.4. The molecule has 0 bridgehead atoms. The molecule has 0 unspecified atom stereocenters. The van der Waals surface area contributed by atoms with Gasteiger partial charge in [-0.05, 0) is 35.9 Å². The van der Waals surface area contributed by atoms with E-state index in [0.717, 1.165) is 0 Å². The summed E-state index contributed by atoms with van der Waals surface area (Å²) in [5.41, 5.74) is 5.54. The maximum absolute atomic E-state index is 13.8. The summed E-state index contributed by atoms with van der Waals surface area (Å²) in [4.78, 5) is 0. The topological polar surface area (TPSA) is 26.0 Å². The van der Waals surface area contributed by atoms with Gasteiger partial charge < -0.3 is 5.73 Å². The monoisotopic (exact) mass is 245 g/mol. The average Bonchev–Trinajstić information content (AvgIpc) is 2.75. The van der Waals surface area contributed by atoms with E-state index in [1.807, 2.05) is 13.8 Å². The van der Waals surface area contributed by atoms with Crippen LogP contribution < -0.4 is 5.73 Å². The van der Waals surface area contributed by atoms with Crippen molar-refractivity contribution in [2.24, 2.45) is 17.1 Å². The second-order valence-electron chi connectivity index (χ2n) is 4.90. The van der Waals surface area contributed by atoms with Crippen LogP contribution in [0.15, 0.2) is 12.1 Å². The van der Waals surface area contributed by atoms with E-state index < -0.39 is 11.6 Å². The van der Waals surface area contributed by atoms with Crippen molar-refractivity contribution in [1.82, 2.24) is 0 Å². The molecule has 2 N–H and O–H groups in total. The molecule has 0 heterocycles. The highest BCUT2D eigenvalue weighted by Crippen LogP contribution is 2.64. The van der Waals surface area contributed by atoms with E-state index in [-0.39, 0.29) is 27.8 Å². The van der Waals surface area contributed by atoms with E-state index in [4.69, 9.17) is 17.3 Å². The average molecular weight is 246 g/mol. The van der Waals surface area contributed by atoms with Gasteiger partial charge in [-0.3, -0.25) is 0 Å². The van der Waals surface area contributed by atoms with Crippen LogP contribution in [0.1, 0.15) is 25.3 Å². The molecule has 1 fully saturated rings. The van der Waals surface area contributed by atoms with E-state index in [0.29, 0.717) is 6.54 Å². The summed E-state index contributed by atoms with van der Waals surface area (Å²) in [7, 11) is 0. The van der Waals surface area contributed by atoms with E-state index in [2.05, 4.69) is 0 Å². The Labute approximate surface area is 98.6 Å². The van der Waals surface area contributed by atoms with Crippen molar-refractivity contribution in [1.29, 1.82) is 0 Å². The minimum absolute atomic E-state index is 0.0325. The maximum atomic E-state index is 13.8. The molecule has 1 aromatic rings. The summed E-state index contributed by atoms with van der Waals surface area (Å²) in [6, 6.07) is 2.45. The fraction of sp³-hybridized carbons (Fsp3) is 0.500. The highest BCUT2D eigenvalue weighted by Gasteiger charge is 2.59. The molecule has 2 rings (SSSR count). The molecular weight excluding hydrogens is 232 g/mol. The van der Waals surface area contributed by atoms with Crippen molar-refractivity contribution in [3.63, 3.8) is 0 Å². The molecule has 0 aromatic heterocycles. The molecule has 1 aliphatic carbocycles. The standard InChI is InChI=1S/C12H14ClF2N/c1-12(2)6(5-16)10(12)9-8(14)4-3-7(13)11(9)15/h3-4,6,10H,5,16H2,1-2H3/t6-,10+/m1/s1. The van der Waals surface area contributed by atoms with Gasteiger partial charge in [-0.15, -0.1) is 0 Å². The van der Waals surface area contributed by atoms with E-state index in [1.54, 1.807) is 0 Å². The van der Waals surface area contributed by atoms with Crippen molar-refractivity contribution in [3.05, 3.63) is 34.4 Å². The van der Waals surface area contributed by atoms with Gasteiger partial charge in [0.2, 0.25) is 0 Å². The Bertz CT molecular complexity index is 431. The normalized spacial score (nSPS) is 26.9. The van der Waals surface area contributed by atoms with Gasteiger partial charge in [-0.2, -0.15) is 0 Å². The van der Waals surface area contributed by atoms with Gasteiger partial charge >= 0.3 is 0 Å². The van der Waals surface area contributed by atoms with Gasteiger partial charge in [0.15, 0.2) is 0 Å². The van der Waals surface area contributed by atoms with Crippen molar-refractivity contribution >= 4 is 11.6 Å². The number of hydrogen-bond acceptors (Lipinski definition) is 1. The van der Waals surface area contributed by atoms with Gasteiger partial charge in [0.05, 0.1) is 5.02 Å². The molecule has 2 atom stereocenters. The Morgan fingerprint density at radius 1 is 1.38 bits per heavy atom. The third-order valence-corrected chi connectivity index (χ3v) is 3.99. The second kappa shape index (κ2) is 3.67. The maximum Gasteiger partial charge on any atom is 0.148 e. The molecular formula is C12H14ClF2N. The molecule has 1 nitrogen and oxygen atoms in total. The molecule has 1 aliphatic rings. The van der Waals surface area contributed by atoms with Gasteiger partial charge in [-0.25, -0.2) is 8.78 Å². The molecule has 0 radical (unpaired) electrons. The molecule has 1 saturated carbocycles. The molecule has 4 heteroatoms. The lowest BCUT2D eigenvalue weighted by Gasteiger charge is -2.07. The van der Waals surface area contributed by atoms with Crippen molar-refractivity contribution in [2.75, 3.05) is 6.54 Å². The van der Waals surface area contributed by atoms with Crippen LogP contribution in [0, 0.1) is 23.0 Å². The fourth-order valence-corrected chi connectivity index (χ4v) is 2.75. The number of halogens is 3. The van der Waals surface area contributed by atoms with Crippen molar-refractivity contribution < 1.29 is 8.78 Å². The van der Waals surface area contributed by atoms with E-state index in [1.165, 1.54) is 12.1 Å². The molecule has 0 spiro atoms. The van der Waals surface area contributed by atoms with Crippen LogP contribution in [0.4, 0.5) is 8.78 Å². The quantitative estimate of drug-likeness (QED) is 0.795. The summed E-state index contributed by atoms with van der Waals surface area (Å²) >= 11 is 5.67. The van der Waals surface area contributed by atoms with Crippen LogP contribution in [0.5, 0.6) is 0 Å². The van der Waals surface area contributed by atoms with Gasteiger partial charge in [0.1, 0.15) is 11.6 Å². The third kappa shape index (κ3) is 1.54. The predicted molar refractivity (Wildman–Crippen MR) is 60.4 cm³/mol. The van der Waals surface area contributed by atoms with E-state index in [9.17, 15) is 8.78 Å². The zero-order chi connectivity index (χ0) is 12.1. The first-order chi connectivity index (χ1) is 7.41. The first-order valence-electron chi connectivity index (χ1n) is 5.24. The zero-order valence-corrected chi connectivity index (χ0v) is 9.98. The van der Waals surface area contributed by atoms with Crippen molar-refractivity contribution in [3.8, 4) is 0 Å². The number of hydrogen-bond donors (Lipinski definition) is 1. The Hall–Kier alpha value is -0.670. The largest absolute Gasteiger partial charge is 0.330 e. The van der Waals surface area contributed by atoms with Crippen LogP contribution >= 0.6 is 11.6 Å². The zero-order valence-electron chi connectivity index (χ0n) is 9.23. The SMILES string of the molecule is CC1(C)[C@H](CN)[C@H]1c1c(F)ccc(Cl)c1F. The predicted octanol–water partition coefficient (Wildman–Crippen LogP) is 3.32. The second-order valence-corrected chi connectivity index (χ2v) is 5.31. The third-order valence-electron chi connectivity index (χ3n) is 3.69. The molecule has 0 amide bonds. The Morgan fingerprint density at radius 2 is 2.00 bits per heavy atom. The molecule has 0 aliphatic heterocycles. The Balaban J connectivity index is 2.47. The minimum Gasteiger partial charge on any atom is -0.330 e.